The molecule has 1 fully saturated rings. The number of nitrogens with one attached hydrogen (secondary N) is 2. The molecule has 2 N–H and O–H groups in total. The van der Waals surface area contributed by atoms with Crippen molar-refractivity contribution in [2.75, 3.05) is 25.0 Å². The molecular formula is C14H21N3O2. The van der Waals surface area contributed by atoms with Crippen LogP contribution in [0.3, 0.4) is 0 Å². The summed E-state index contributed by atoms with van der Waals surface area (Å²) in [5.41, 5.74) is 1.97. The molecule has 104 valence electrons. The highest BCUT2D eigenvalue weighted by atomic mass is 16.6. The lowest BCUT2D eigenvalue weighted by Crippen LogP contribution is -2.42. The lowest BCUT2D eigenvalue weighted by atomic mass is 9.82. The third-order valence-electron chi connectivity index (χ3n) is 3.89. The van der Waals surface area contributed by atoms with Crippen LogP contribution in [0.2, 0.25) is 0 Å². The zero-order chi connectivity index (χ0) is 13.9. The standard InChI is InChI=1S/C14H21N3O2/c1-11-12(5-3-6-13(11)17(18)19)16-10-14(2)7-4-8-15-9-14/h3,5-6,15-16H,4,7-10H2,1-2H3. The second kappa shape index (κ2) is 5.57. The minimum Gasteiger partial charge on any atom is -0.384 e. The summed E-state index contributed by atoms with van der Waals surface area (Å²) in [5, 5.41) is 17.7. The first-order valence-corrected chi connectivity index (χ1v) is 6.70. The van der Waals surface area contributed by atoms with Crippen LogP contribution in [-0.2, 0) is 0 Å². The van der Waals surface area contributed by atoms with Crippen LogP contribution in [0.25, 0.3) is 0 Å². The van der Waals surface area contributed by atoms with Gasteiger partial charge in [-0.15, -0.1) is 0 Å². The van der Waals surface area contributed by atoms with E-state index < -0.39 is 0 Å². The van der Waals surface area contributed by atoms with Gasteiger partial charge in [-0.1, -0.05) is 13.0 Å². The van der Waals surface area contributed by atoms with Gasteiger partial charge in [0.1, 0.15) is 0 Å². The number of benzene rings is 1. The summed E-state index contributed by atoms with van der Waals surface area (Å²) in [7, 11) is 0. The first-order valence-electron chi connectivity index (χ1n) is 6.70. The molecule has 1 aliphatic rings. The normalized spacial score (nSPS) is 23.1. The first kappa shape index (κ1) is 13.8. The molecule has 0 bridgehead atoms. The maximum atomic E-state index is 10.9. The lowest BCUT2D eigenvalue weighted by molar-refractivity contribution is -0.385. The lowest BCUT2D eigenvalue weighted by Gasteiger charge is -2.34. The molecule has 1 atom stereocenters. The van der Waals surface area contributed by atoms with Gasteiger partial charge < -0.3 is 10.6 Å². The van der Waals surface area contributed by atoms with E-state index in [9.17, 15) is 10.1 Å². The van der Waals surface area contributed by atoms with Gasteiger partial charge in [0.25, 0.3) is 5.69 Å². The van der Waals surface area contributed by atoms with Gasteiger partial charge in [0.2, 0.25) is 0 Å². The Morgan fingerprint density at radius 1 is 1.53 bits per heavy atom. The average Bonchev–Trinajstić information content (AvgIpc) is 2.38. The molecule has 0 spiro atoms. The van der Waals surface area contributed by atoms with Crippen molar-refractivity contribution in [2.45, 2.75) is 26.7 Å². The van der Waals surface area contributed by atoms with Crippen molar-refractivity contribution in [3.63, 3.8) is 0 Å². The Morgan fingerprint density at radius 3 is 2.95 bits per heavy atom. The van der Waals surface area contributed by atoms with Crippen LogP contribution in [-0.4, -0.2) is 24.6 Å². The summed E-state index contributed by atoms with van der Waals surface area (Å²) in [6, 6.07) is 5.18. The third kappa shape index (κ3) is 3.23. The van der Waals surface area contributed by atoms with Crippen LogP contribution in [0.4, 0.5) is 11.4 Å². The zero-order valence-electron chi connectivity index (χ0n) is 11.5. The number of nitrogens with zero attached hydrogens (tertiary/aromatic N) is 1. The summed E-state index contributed by atoms with van der Waals surface area (Å²) >= 11 is 0. The molecule has 2 rings (SSSR count). The van der Waals surface area contributed by atoms with Crippen molar-refractivity contribution < 1.29 is 4.92 Å². The fourth-order valence-electron chi connectivity index (χ4n) is 2.59. The second-order valence-corrected chi connectivity index (χ2v) is 5.65. The van der Waals surface area contributed by atoms with Gasteiger partial charge in [-0.2, -0.15) is 0 Å². The Hall–Kier alpha value is -1.62. The Morgan fingerprint density at radius 2 is 2.32 bits per heavy atom. The highest BCUT2D eigenvalue weighted by Crippen LogP contribution is 2.29. The largest absolute Gasteiger partial charge is 0.384 e. The van der Waals surface area contributed by atoms with Crippen LogP contribution in [0.1, 0.15) is 25.3 Å². The fraction of sp³-hybridized carbons (Fsp3) is 0.571. The number of hydrogen-bond donors (Lipinski definition) is 2. The predicted octanol–water partition coefficient (Wildman–Crippen LogP) is 2.70. The monoisotopic (exact) mass is 263 g/mol. The highest BCUT2D eigenvalue weighted by molar-refractivity contribution is 5.59. The van der Waals surface area contributed by atoms with E-state index in [1.165, 1.54) is 12.8 Å². The molecule has 1 aromatic carbocycles. The molecule has 1 saturated heterocycles. The maximum Gasteiger partial charge on any atom is 0.274 e. The van der Waals surface area contributed by atoms with E-state index >= 15 is 0 Å². The number of piperidine rings is 1. The van der Waals surface area contributed by atoms with Crippen molar-refractivity contribution >= 4 is 11.4 Å². The topological polar surface area (TPSA) is 67.2 Å². The molecule has 0 saturated carbocycles. The Bertz CT molecular complexity index is 468. The van der Waals surface area contributed by atoms with E-state index in [-0.39, 0.29) is 16.0 Å². The summed E-state index contributed by atoms with van der Waals surface area (Å²) in [6.07, 6.45) is 2.37. The van der Waals surface area contributed by atoms with Crippen LogP contribution in [0.5, 0.6) is 0 Å². The summed E-state index contributed by atoms with van der Waals surface area (Å²) in [6.45, 7) is 6.96. The Kier molecular flexibility index (Phi) is 4.04. The molecule has 0 amide bonds. The Balaban J connectivity index is 2.07. The fourth-order valence-corrected chi connectivity index (χ4v) is 2.59. The quantitative estimate of drug-likeness (QED) is 0.647. The van der Waals surface area contributed by atoms with Gasteiger partial charge in [-0.05, 0) is 37.8 Å². The molecule has 0 radical (unpaired) electrons. The van der Waals surface area contributed by atoms with E-state index in [1.807, 2.05) is 6.07 Å². The van der Waals surface area contributed by atoms with E-state index in [0.29, 0.717) is 5.56 Å². The molecule has 0 aromatic heterocycles. The molecular weight excluding hydrogens is 242 g/mol. The smallest absolute Gasteiger partial charge is 0.274 e. The van der Waals surface area contributed by atoms with Crippen LogP contribution < -0.4 is 10.6 Å². The predicted molar refractivity (Wildman–Crippen MR) is 76.5 cm³/mol. The SMILES string of the molecule is Cc1c(NCC2(C)CCCNC2)cccc1[N+](=O)[O-]. The van der Waals surface area contributed by atoms with Crippen LogP contribution >= 0.6 is 0 Å². The third-order valence-corrected chi connectivity index (χ3v) is 3.89. The van der Waals surface area contributed by atoms with Crippen molar-refractivity contribution in [3.8, 4) is 0 Å². The van der Waals surface area contributed by atoms with Gasteiger partial charge in [0.05, 0.1) is 4.92 Å². The van der Waals surface area contributed by atoms with Gasteiger partial charge in [0.15, 0.2) is 0 Å². The number of nitro benzene ring substituents is 1. The molecule has 19 heavy (non-hydrogen) atoms. The molecule has 1 aliphatic heterocycles. The van der Waals surface area contributed by atoms with E-state index in [2.05, 4.69) is 17.6 Å². The first-order chi connectivity index (χ1) is 9.02. The molecule has 1 unspecified atom stereocenters. The zero-order valence-corrected chi connectivity index (χ0v) is 11.5. The molecule has 0 aliphatic carbocycles. The summed E-state index contributed by atoms with van der Waals surface area (Å²) < 4.78 is 0. The minimum absolute atomic E-state index is 0.178. The van der Waals surface area contributed by atoms with Gasteiger partial charge >= 0.3 is 0 Å². The number of hydrogen-bond acceptors (Lipinski definition) is 4. The highest BCUT2D eigenvalue weighted by Gasteiger charge is 2.26. The van der Waals surface area contributed by atoms with Crippen molar-refractivity contribution in [3.05, 3.63) is 33.9 Å². The molecule has 5 heteroatoms. The van der Waals surface area contributed by atoms with E-state index in [0.717, 1.165) is 25.3 Å². The summed E-state index contributed by atoms with van der Waals surface area (Å²) in [5.74, 6) is 0. The van der Waals surface area contributed by atoms with E-state index in [1.54, 1.807) is 19.1 Å². The number of anilines is 1. The number of nitro groups is 1. The maximum absolute atomic E-state index is 10.9. The van der Waals surface area contributed by atoms with Crippen LogP contribution in [0, 0.1) is 22.5 Å². The second-order valence-electron chi connectivity index (χ2n) is 5.65. The molecule has 1 heterocycles. The molecule has 5 nitrogen and oxygen atoms in total. The van der Waals surface area contributed by atoms with Gasteiger partial charge in [-0.25, -0.2) is 0 Å². The average molecular weight is 263 g/mol. The van der Waals surface area contributed by atoms with Crippen molar-refractivity contribution in [1.29, 1.82) is 0 Å². The minimum atomic E-state index is -0.329. The van der Waals surface area contributed by atoms with Gasteiger partial charge in [0, 0.05) is 30.4 Å². The van der Waals surface area contributed by atoms with E-state index in [4.69, 9.17) is 0 Å². The Labute approximate surface area is 113 Å². The van der Waals surface area contributed by atoms with Crippen LogP contribution in [0.15, 0.2) is 18.2 Å². The number of rotatable bonds is 4. The molecule has 1 aromatic rings. The van der Waals surface area contributed by atoms with Crippen molar-refractivity contribution in [2.24, 2.45) is 5.41 Å². The summed E-state index contributed by atoms with van der Waals surface area (Å²) in [4.78, 5) is 10.6. The van der Waals surface area contributed by atoms with Gasteiger partial charge in [-0.3, -0.25) is 10.1 Å². The van der Waals surface area contributed by atoms with Crippen molar-refractivity contribution in [1.82, 2.24) is 5.32 Å².